The summed E-state index contributed by atoms with van der Waals surface area (Å²) in [6.45, 7) is -0.185. The van der Waals surface area contributed by atoms with Gasteiger partial charge in [0.2, 0.25) is 0 Å². The molecular formula is C5H12ClNO3. The fourth-order valence-electron chi connectivity index (χ4n) is 0.362. The second-order valence-electron chi connectivity index (χ2n) is 1.72. The Morgan fingerprint density at radius 2 is 2.30 bits per heavy atom. The summed E-state index contributed by atoms with van der Waals surface area (Å²) in [5.74, 6) is -0.392. The monoisotopic (exact) mass is 169 g/mol. The van der Waals surface area contributed by atoms with Crippen molar-refractivity contribution in [2.75, 3.05) is 13.7 Å². The zero-order chi connectivity index (χ0) is 7.28. The van der Waals surface area contributed by atoms with E-state index in [2.05, 4.69) is 4.74 Å². The number of ether oxygens (including phenoxy) is 1. The Hall–Kier alpha value is -0.320. The molecule has 62 valence electrons. The highest BCUT2D eigenvalue weighted by atomic mass is 35.5. The molecule has 0 fully saturated rings. The predicted molar refractivity (Wildman–Crippen MR) is 38.9 cm³/mol. The summed E-state index contributed by atoms with van der Waals surface area (Å²) in [7, 11) is 1.28. The van der Waals surface area contributed by atoms with Crippen molar-refractivity contribution in [2.24, 2.45) is 5.73 Å². The van der Waals surface area contributed by atoms with Gasteiger partial charge in [-0.05, 0) is 0 Å². The third-order valence-electron chi connectivity index (χ3n) is 0.891. The zero-order valence-electron chi connectivity index (χ0n) is 5.74. The summed E-state index contributed by atoms with van der Waals surface area (Å²) in [6, 6.07) is -0.488. The first-order valence-electron chi connectivity index (χ1n) is 2.64. The van der Waals surface area contributed by atoms with Gasteiger partial charge in [0.1, 0.15) is 0 Å². The number of hydrogen-bond acceptors (Lipinski definition) is 4. The van der Waals surface area contributed by atoms with Crippen LogP contribution in [0.3, 0.4) is 0 Å². The van der Waals surface area contributed by atoms with Crippen molar-refractivity contribution >= 4 is 18.4 Å². The fraction of sp³-hybridized carbons (Fsp3) is 0.800. The highest BCUT2D eigenvalue weighted by Crippen LogP contribution is 1.87. The highest BCUT2D eigenvalue weighted by molar-refractivity contribution is 5.85. The maximum atomic E-state index is 10.4. The van der Waals surface area contributed by atoms with Crippen LogP contribution in [0.25, 0.3) is 0 Å². The van der Waals surface area contributed by atoms with Crippen LogP contribution in [0.4, 0.5) is 0 Å². The third-order valence-corrected chi connectivity index (χ3v) is 0.891. The van der Waals surface area contributed by atoms with Crippen molar-refractivity contribution in [2.45, 2.75) is 12.5 Å². The van der Waals surface area contributed by atoms with Crippen molar-refractivity contribution in [1.29, 1.82) is 0 Å². The van der Waals surface area contributed by atoms with Crippen LogP contribution in [0, 0.1) is 0 Å². The minimum atomic E-state index is -0.488. The van der Waals surface area contributed by atoms with Crippen LogP contribution in [0.5, 0.6) is 0 Å². The van der Waals surface area contributed by atoms with Gasteiger partial charge in [-0.25, -0.2) is 0 Å². The fourth-order valence-corrected chi connectivity index (χ4v) is 0.362. The molecule has 0 saturated heterocycles. The van der Waals surface area contributed by atoms with Crippen LogP contribution in [0.15, 0.2) is 0 Å². The maximum Gasteiger partial charge on any atom is 0.307 e. The van der Waals surface area contributed by atoms with Crippen LogP contribution < -0.4 is 5.73 Å². The van der Waals surface area contributed by atoms with E-state index in [0.29, 0.717) is 0 Å². The van der Waals surface area contributed by atoms with Crippen molar-refractivity contribution in [3.05, 3.63) is 0 Å². The van der Waals surface area contributed by atoms with Gasteiger partial charge in [0.15, 0.2) is 0 Å². The molecule has 10 heavy (non-hydrogen) atoms. The Labute approximate surface area is 65.8 Å². The molecule has 0 unspecified atom stereocenters. The first kappa shape index (κ1) is 12.4. The molecule has 0 radical (unpaired) electrons. The molecule has 1 atom stereocenters. The number of carbonyl (C=O) groups is 1. The van der Waals surface area contributed by atoms with Crippen LogP contribution in [-0.4, -0.2) is 30.8 Å². The van der Waals surface area contributed by atoms with E-state index >= 15 is 0 Å². The summed E-state index contributed by atoms with van der Waals surface area (Å²) in [4.78, 5) is 10.4. The number of halogens is 1. The summed E-state index contributed by atoms with van der Waals surface area (Å²) in [5, 5.41) is 8.35. The van der Waals surface area contributed by atoms with Gasteiger partial charge in [-0.2, -0.15) is 0 Å². The summed E-state index contributed by atoms with van der Waals surface area (Å²) in [5.41, 5.74) is 5.20. The second-order valence-corrected chi connectivity index (χ2v) is 1.72. The third kappa shape index (κ3) is 5.81. The van der Waals surface area contributed by atoms with Crippen LogP contribution >= 0.6 is 12.4 Å². The lowest BCUT2D eigenvalue weighted by Crippen LogP contribution is -2.27. The molecule has 0 saturated carbocycles. The smallest absolute Gasteiger partial charge is 0.307 e. The largest absolute Gasteiger partial charge is 0.469 e. The van der Waals surface area contributed by atoms with E-state index in [0.717, 1.165) is 0 Å². The molecule has 0 aromatic carbocycles. The number of aliphatic hydroxyl groups is 1. The normalized spacial score (nSPS) is 11.5. The predicted octanol–water partition coefficient (Wildman–Crippen LogP) is -0.709. The molecule has 0 aromatic heterocycles. The van der Waals surface area contributed by atoms with E-state index in [1.807, 2.05) is 0 Å². The van der Waals surface area contributed by atoms with Gasteiger partial charge >= 0.3 is 5.97 Å². The second kappa shape index (κ2) is 6.80. The molecule has 0 rings (SSSR count). The molecule has 0 heterocycles. The first-order chi connectivity index (χ1) is 4.20. The van der Waals surface area contributed by atoms with Gasteiger partial charge in [0, 0.05) is 6.04 Å². The maximum absolute atomic E-state index is 10.4. The number of hydrogen-bond donors (Lipinski definition) is 2. The number of esters is 1. The first-order valence-corrected chi connectivity index (χ1v) is 2.64. The molecule has 0 spiro atoms. The van der Waals surface area contributed by atoms with E-state index in [1.165, 1.54) is 7.11 Å². The minimum absolute atomic E-state index is 0. The number of aliphatic hydroxyl groups excluding tert-OH is 1. The zero-order valence-corrected chi connectivity index (χ0v) is 6.56. The Bertz CT molecular complexity index is 98.9. The topological polar surface area (TPSA) is 72.5 Å². The van der Waals surface area contributed by atoms with E-state index in [4.69, 9.17) is 10.8 Å². The molecule has 0 aliphatic heterocycles. The average molecular weight is 170 g/mol. The van der Waals surface area contributed by atoms with Gasteiger partial charge in [-0.15, -0.1) is 12.4 Å². The van der Waals surface area contributed by atoms with Crippen LogP contribution in [0.2, 0.25) is 0 Å². The van der Waals surface area contributed by atoms with Gasteiger partial charge in [0.25, 0.3) is 0 Å². The number of methoxy groups -OCH3 is 1. The molecule has 3 N–H and O–H groups in total. The van der Waals surface area contributed by atoms with Gasteiger partial charge in [-0.1, -0.05) is 0 Å². The SMILES string of the molecule is COC(=O)C[C@@H](N)CO.Cl. The van der Waals surface area contributed by atoms with Gasteiger partial charge in [-0.3, -0.25) is 4.79 Å². The number of nitrogens with two attached hydrogens (primary N) is 1. The Kier molecular flexibility index (Phi) is 8.40. The molecule has 0 aromatic rings. The molecule has 0 amide bonds. The van der Waals surface area contributed by atoms with E-state index in [9.17, 15) is 4.79 Å². The Morgan fingerprint density at radius 3 is 2.60 bits per heavy atom. The quantitative estimate of drug-likeness (QED) is 0.548. The van der Waals surface area contributed by atoms with Crippen molar-refractivity contribution in [3.8, 4) is 0 Å². The van der Waals surface area contributed by atoms with E-state index < -0.39 is 12.0 Å². The Balaban J connectivity index is 0. The minimum Gasteiger partial charge on any atom is -0.469 e. The van der Waals surface area contributed by atoms with Crippen LogP contribution in [-0.2, 0) is 9.53 Å². The molecular weight excluding hydrogens is 158 g/mol. The Morgan fingerprint density at radius 1 is 1.80 bits per heavy atom. The van der Waals surface area contributed by atoms with Gasteiger partial charge in [0.05, 0.1) is 20.1 Å². The molecule has 5 heteroatoms. The number of carbonyl (C=O) groups excluding carboxylic acids is 1. The lowest BCUT2D eigenvalue weighted by molar-refractivity contribution is -0.141. The number of rotatable bonds is 3. The van der Waals surface area contributed by atoms with Crippen molar-refractivity contribution in [1.82, 2.24) is 0 Å². The van der Waals surface area contributed by atoms with Gasteiger partial charge < -0.3 is 15.6 Å². The summed E-state index contributed by atoms with van der Waals surface area (Å²) in [6.07, 6.45) is 0.0764. The van der Waals surface area contributed by atoms with Crippen molar-refractivity contribution < 1.29 is 14.6 Å². The standard InChI is InChI=1S/C5H11NO3.ClH/c1-9-5(8)2-4(6)3-7;/h4,7H,2-3,6H2,1H3;1H/t4-;/m1./s1. The molecule has 0 aliphatic rings. The molecule has 0 bridgehead atoms. The highest BCUT2D eigenvalue weighted by Gasteiger charge is 2.06. The average Bonchev–Trinajstić information content (AvgIpc) is 1.87. The van der Waals surface area contributed by atoms with E-state index in [1.54, 1.807) is 0 Å². The van der Waals surface area contributed by atoms with E-state index in [-0.39, 0.29) is 25.4 Å². The van der Waals surface area contributed by atoms with Crippen molar-refractivity contribution in [3.63, 3.8) is 0 Å². The lowest BCUT2D eigenvalue weighted by atomic mass is 10.2. The molecule has 0 aliphatic carbocycles. The molecule has 4 nitrogen and oxygen atoms in total. The summed E-state index contributed by atoms with van der Waals surface area (Å²) >= 11 is 0. The van der Waals surface area contributed by atoms with Crippen LogP contribution in [0.1, 0.15) is 6.42 Å². The summed E-state index contributed by atoms with van der Waals surface area (Å²) < 4.78 is 4.29. The lowest BCUT2D eigenvalue weighted by Gasteiger charge is -2.03.